The summed E-state index contributed by atoms with van der Waals surface area (Å²) in [6.07, 6.45) is 3.36. The molecule has 4 nitrogen and oxygen atoms in total. The van der Waals surface area contributed by atoms with Crippen LogP contribution >= 0.6 is 11.6 Å². The monoisotopic (exact) mass is 271 g/mol. The number of imidazole rings is 1. The summed E-state index contributed by atoms with van der Waals surface area (Å²) in [7, 11) is 0. The molecule has 0 unspecified atom stereocenters. The van der Waals surface area contributed by atoms with Crippen LogP contribution in [0.5, 0.6) is 0 Å². The Morgan fingerprint density at radius 1 is 1.21 bits per heavy atom. The lowest BCUT2D eigenvalue weighted by molar-refractivity contribution is 0.0946. The Labute approximate surface area is 114 Å². The van der Waals surface area contributed by atoms with E-state index in [2.05, 4.69) is 9.97 Å². The second-order valence-corrected chi connectivity index (χ2v) is 4.30. The zero-order chi connectivity index (χ0) is 13.2. The van der Waals surface area contributed by atoms with Crippen molar-refractivity contribution in [2.24, 2.45) is 0 Å². The standard InChI is InChI=1S/C14H10ClN3O/c15-8-13(19)18-12-6-2-1-5-11(12)17-14(18)10-4-3-7-16-9-10/h1-7,9H,8H2. The molecule has 94 valence electrons. The van der Waals surface area contributed by atoms with Crippen LogP contribution in [0.4, 0.5) is 0 Å². The average Bonchev–Trinajstić information content (AvgIpc) is 2.87. The molecule has 3 rings (SSSR count). The van der Waals surface area contributed by atoms with Gasteiger partial charge in [0.15, 0.2) is 0 Å². The van der Waals surface area contributed by atoms with Gasteiger partial charge in [0.05, 0.1) is 11.0 Å². The van der Waals surface area contributed by atoms with E-state index in [0.717, 1.165) is 16.6 Å². The van der Waals surface area contributed by atoms with E-state index in [-0.39, 0.29) is 11.8 Å². The lowest BCUT2D eigenvalue weighted by atomic mass is 10.2. The van der Waals surface area contributed by atoms with Crippen molar-refractivity contribution in [2.45, 2.75) is 0 Å². The zero-order valence-electron chi connectivity index (χ0n) is 9.95. The molecule has 19 heavy (non-hydrogen) atoms. The fourth-order valence-corrected chi connectivity index (χ4v) is 2.15. The predicted molar refractivity (Wildman–Crippen MR) is 74.3 cm³/mol. The highest BCUT2D eigenvalue weighted by Crippen LogP contribution is 2.24. The predicted octanol–water partition coefficient (Wildman–Crippen LogP) is 2.98. The summed E-state index contributed by atoms with van der Waals surface area (Å²) in [4.78, 5) is 20.6. The second-order valence-electron chi connectivity index (χ2n) is 4.03. The van der Waals surface area contributed by atoms with Crippen LogP contribution in [-0.2, 0) is 0 Å². The normalized spacial score (nSPS) is 10.8. The number of benzene rings is 1. The van der Waals surface area contributed by atoms with Crippen molar-refractivity contribution in [1.82, 2.24) is 14.5 Å². The Bertz CT molecular complexity index is 737. The molecule has 0 aliphatic rings. The molecule has 0 spiro atoms. The quantitative estimate of drug-likeness (QED) is 0.673. The topological polar surface area (TPSA) is 47.8 Å². The summed E-state index contributed by atoms with van der Waals surface area (Å²) in [5, 5.41) is 0. The number of hydrogen-bond acceptors (Lipinski definition) is 3. The Morgan fingerprint density at radius 2 is 2.05 bits per heavy atom. The van der Waals surface area contributed by atoms with Gasteiger partial charge >= 0.3 is 0 Å². The van der Waals surface area contributed by atoms with Crippen LogP contribution in [-0.4, -0.2) is 26.3 Å². The van der Waals surface area contributed by atoms with Crippen molar-refractivity contribution in [3.05, 3.63) is 48.8 Å². The summed E-state index contributed by atoms with van der Waals surface area (Å²) in [5.74, 6) is 0.280. The minimum Gasteiger partial charge on any atom is -0.273 e. The zero-order valence-corrected chi connectivity index (χ0v) is 10.7. The van der Waals surface area contributed by atoms with Crippen LogP contribution in [0, 0.1) is 0 Å². The Hall–Kier alpha value is -2.20. The van der Waals surface area contributed by atoms with Crippen LogP contribution in [0.25, 0.3) is 22.4 Å². The SMILES string of the molecule is O=C(CCl)n1c(-c2cccnc2)nc2ccccc21. The number of para-hydroxylation sites is 2. The minimum absolute atomic E-state index is 0.0897. The van der Waals surface area contributed by atoms with Crippen LogP contribution < -0.4 is 0 Å². The third-order valence-corrected chi connectivity index (χ3v) is 3.07. The number of carbonyl (C=O) groups is 1. The Kier molecular flexibility index (Phi) is 3.01. The molecule has 0 aliphatic heterocycles. The number of rotatable bonds is 2. The third kappa shape index (κ3) is 2.00. The van der Waals surface area contributed by atoms with Gasteiger partial charge in [0.2, 0.25) is 5.91 Å². The number of halogens is 1. The molecule has 0 amide bonds. The first-order valence-corrected chi connectivity index (χ1v) is 6.32. The van der Waals surface area contributed by atoms with Crippen LogP contribution in [0.3, 0.4) is 0 Å². The van der Waals surface area contributed by atoms with Gasteiger partial charge in [0.1, 0.15) is 11.7 Å². The molecular weight excluding hydrogens is 262 g/mol. The number of alkyl halides is 1. The first-order valence-electron chi connectivity index (χ1n) is 5.78. The second kappa shape index (κ2) is 4.82. The molecule has 0 N–H and O–H groups in total. The van der Waals surface area contributed by atoms with E-state index in [9.17, 15) is 4.79 Å². The molecule has 3 aromatic rings. The van der Waals surface area contributed by atoms with Crippen LogP contribution in [0.2, 0.25) is 0 Å². The highest BCUT2D eigenvalue weighted by atomic mass is 35.5. The smallest absolute Gasteiger partial charge is 0.247 e. The fourth-order valence-electron chi connectivity index (χ4n) is 2.03. The van der Waals surface area contributed by atoms with Gasteiger partial charge in [-0.25, -0.2) is 4.98 Å². The Balaban J connectivity index is 2.32. The number of pyridine rings is 1. The molecule has 2 aromatic heterocycles. The van der Waals surface area contributed by atoms with E-state index in [4.69, 9.17) is 11.6 Å². The Morgan fingerprint density at radius 3 is 2.79 bits per heavy atom. The summed E-state index contributed by atoms with van der Waals surface area (Å²) in [6, 6.07) is 11.2. The van der Waals surface area contributed by atoms with E-state index in [1.807, 2.05) is 36.4 Å². The highest BCUT2D eigenvalue weighted by Gasteiger charge is 2.17. The van der Waals surface area contributed by atoms with Gasteiger partial charge in [0, 0.05) is 18.0 Å². The van der Waals surface area contributed by atoms with Crippen molar-refractivity contribution >= 4 is 28.5 Å². The maximum absolute atomic E-state index is 12.1. The third-order valence-electron chi connectivity index (χ3n) is 2.84. The van der Waals surface area contributed by atoms with Crippen molar-refractivity contribution in [3.8, 4) is 11.4 Å². The van der Waals surface area contributed by atoms with Crippen LogP contribution in [0.15, 0.2) is 48.8 Å². The molecule has 0 aliphatic carbocycles. The van der Waals surface area contributed by atoms with Gasteiger partial charge < -0.3 is 0 Å². The maximum Gasteiger partial charge on any atom is 0.247 e. The summed E-state index contributed by atoms with van der Waals surface area (Å²) in [6.45, 7) is 0. The number of carbonyl (C=O) groups excluding carboxylic acids is 1. The fraction of sp³-hybridized carbons (Fsp3) is 0.0714. The lowest BCUT2D eigenvalue weighted by Crippen LogP contribution is -2.13. The first kappa shape index (κ1) is 11.9. The molecule has 0 radical (unpaired) electrons. The number of hydrogen-bond donors (Lipinski definition) is 0. The first-order chi connectivity index (χ1) is 9.31. The van der Waals surface area contributed by atoms with Gasteiger partial charge in [-0.1, -0.05) is 12.1 Å². The lowest BCUT2D eigenvalue weighted by Gasteiger charge is -2.05. The van der Waals surface area contributed by atoms with Crippen LogP contribution in [0.1, 0.15) is 4.79 Å². The van der Waals surface area contributed by atoms with E-state index < -0.39 is 0 Å². The van der Waals surface area contributed by atoms with Gasteiger partial charge in [-0.3, -0.25) is 14.3 Å². The molecule has 5 heteroatoms. The number of fused-ring (bicyclic) bond motifs is 1. The number of aromatic nitrogens is 3. The molecule has 1 aromatic carbocycles. The summed E-state index contributed by atoms with van der Waals surface area (Å²) in [5.41, 5.74) is 2.31. The van der Waals surface area contributed by atoms with E-state index in [0.29, 0.717) is 5.82 Å². The van der Waals surface area contributed by atoms with E-state index >= 15 is 0 Å². The average molecular weight is 272 g/mol. The number of nitrogens with zero attached hydrogens (tertiary/aromatic N) is 3. The van der Waals surface area contributed by atoms with Crippen molar-refractivity contribution in [1.29, 1.82) is 0 Å². The van der Waals surface area contributed by atoms with E-state index in [1.165, 1.54) is 0 Å². The maximum atomic E-state index is 12.1. The van der Waals surface area contributed by atoms with E-state index in [1.54, 1.807) is 17.0 Å². The summed E-state index contributed by atoms with van der Waals surface area (Å²) >= 11 is 5.69. The van der Waals surface area contributed by atoms with Gasteiger partial charge in [-0.15, -0.1) is 11.6 Å². The molecule has 0 saturated carbocycles. The van der Waals surface area contributed by atoms with Gasteiger partial charge in [-0.2, -0.15) is 0 Å². The molecule has 0 fully saturated rings. The molecule has 2 heterocycles. The molecular formula is C14H10ClN3O. The molecule has 0 bridgehead atoms. The van der Waals surface area contributed by atoms with Gasteiger partial charge in [0.25, 0.3) is 0 Å². The highest BCUT2D eigenvalue weighted by molar-refractivity contribution is 6.28. The molecule has 0 atom stereocenters. The summed E-state index contributed by atoms with van der Waals surface area (Å²) < 4.78 is 1.54. The minimum atomic E-state index is -0.200. The largest absolute Gasteiger partial charge is 0.273 e. The molecule has 0 saturated heterocycles. The van der Waals surface area contributed by atoms with Crippen molar-refractivity contribution in [3.63, 3.8) is 0 Å². The van der Waals surface area contributed by atoms with Gasteiger partial charge in [-0.05, 0) is 24.3 Å². The van der Waals surface area contributed by atoms with Crippen molar-refractivity contribution in [2.75, 3.05) is 5.88 Å². The van der Waals surface area contributed by atoms with Crippen molar-refractivity contribution < 1.29 is 4.79 Å².